The lowest BCUT2D eigenvalue weighted by atomic mass is 9.89. The summed E-state index contributed by atoms with van der Waals surface area (Å²) in [6.45, 7) is 4.74. The van der Waals surface area contributed by atoms with Crippen LogP contribution in [-0.4, -0.2) is 53.1 Å². The normalized spacial score (nSPS) is 27.9. The van der Waals surface area contributed by atoms with Crippen molar-refractivity contribution in [1.82, 2.24) is 19.9 Å². The molecule has 2 aliphatic rings. The van der Waals surface area contributed by atoms with Crippen molar-refractivity contribution in [2.24, 2.45) is 11.8 Å². The Bertz CT molecular complexity index is 592. The number of aromatic amines is 1. The Morgan fingerprint density at radius 3 is 3.05 bits per heavy atom. The van der Waals surface area contributed by atoms with Gasteiger partial charge in [0.1, 0.15) is 17.8 Å². The lowest BCUT2D eigenvalue weighted by Crippen LogP contribution is -2.37. The van der Waals surface area contributed by atoms with Crippen LogP contribution in [0.15, 0.2) is 18.6 Å². The van der Waals surface area contributed by atoms with Gasteiger partial charge in [-0.15, -0.1) is 0 Å². The zero-order valence-electron chi connectivity index (χ0n) is 11.2. The minimum absolute atomic E-state index is 0.794. The fourth-order valence-electron chi connectivity index (χ4n) is 3.63. The van der Waals surface area contributed by atoms with Gasteiger partial charge >= 0.3 is 0 Å². The van der Waals surface area contributed by atoms with E-state index in [1.165, 1.54) is 19.5 Å². The molecule has 0 amide bonds. The molecule has 2 aromatic heterocycles. The van der Waals surface area contributed by atoms with E-state index in [0.717, 1.165) is 41.8 Å². The molecule has 4 heterocycles. The molecular weight excluding hydrogens is 238 g/mol. The Morgan fingerprint density at radius 2 is 2.11 bits per heavy atom. The third-order valence-electron chi connectivity index (χ3n) is 4.64. The lowest BCUT2D eigenvalue weighted by Gasteiger charge is -2.31. The van der Waals surface area contributed by atoms with Gasteiger partial charge in [-0.05, 0) is 37.9 Å². The second kappa shape index (κ2) is 4.20. The summed E-state index contributed by atoms with van der Waals surface area (Å²) in [6.07, 6.45) is 4.93. The minimum Gasteiger partial charge on any atom is -0.355 e. The zero-order chi connectivity index (χ0) is 12.8. The summed E-state index contributed by atoms with van der Waals surface area (Å²) in [5, 5.41) is 1.15. The molecule has 2 saturated heterocycles. The number of anilines is 1. The van der Waals surface area contributed by atoms with Crippen LogP contribution < -0.4 is 4.90 Å². The van der Waals surface area contributed by atoms with E-state index in [-0.39, 0.29) is 0 Å². The van der Waals surface area contributed by atoms with Crippen LogP contribution in [0, 0.1) is 11.8 Å². The van der Waals surface area contributed by atoms with E-state index in [1.54, 1.807) is 6.33 Å². The van der Waals surface area contributed by atoms with Gasteiger partial charge in [-0.3, -0.25) is 0 Å². The number of aromatic nitrogens is 3. The number of piperidine rings is 1. The number of fused-ring (bicyclic) bond motifs is 2. The average molecular weight is 257 g/mol. The van der Waals surface area contributed by atoms with Crippen molar-refractivity contribution in [3.63, 3.8) is 0 Å². The second-order valence-electron chi connectivity index (χ2n) is 5.91. The van der Waals surface area contributed by atoms with Crippen LogP contribution in [0.25, 0.3) is 11.0 Å². The van der Waals surface area contributed by atoms with Crippen LogP contribution in [0.1, 0.15) is 6.42 Å². The Labute approximate surface area is 112 Å². The van der Waals surface area contributed by atoms with Crippen LogP contribution in [0.2, 0.25) is 0 Å². The van der Waals surface area contributed by atoms with Crippen molar-refractivity contribution in [2.45, 2.75) is 6.42 Å². The fourth-order valence-corrected chi connectivity index (χ4v) is 3.63. The molecule has 0 saturated carbocycles. The van der Waals surface area contributed by atoms with Crippen molar-refractivity contribution in [3.8, 4) is 0 Å². The molecule has 5 nitrogen and oxygen atoms in total. The smallest absolute Gasteiger partial charge is 0.142 e. The highest BCUT2D eigenvalue weighted by Gasteiger charge is 2.37. The highest BCUT2D eigenvalue weighted by atomic mass is 15.2. The van der Waals surface area contributed by atoms with Crippen LogP contribution in [0.5, 0.6) is 0 Å². The molecular formula is C14H19N5. The summed E-state index contributed by atoms with van der Waals surface area (Å²) in [5.41, 5.74) is 0.942. The number of nitrogens with one attached hydrogen (secondary N) is 1. The summed E-state index contributed by atoms with van der Waals surface area (Å²) in [5.74, 6) is 2.73. The van der Waals surface area contributed by atoms with Crippen molar-refractivity contribution < 1.29 is 0 Å². The van der Waals surface area contributed by atoms with E-state index in [1.807, 2.05) is 6.20 Å². The maximum absolute atomic E-state index is 4.52. The Kier molecular flexibility index (Phi) is 2.48. The SMILES string of the molecule is CN1CC[C@@H]2CN(c3ncnc4[nH]ccc34)C[C@@H]2C1. The Balaban J connectivity index is 1.65. The van der Waals surface area contributed by atoms with Crippen molar-refractivity contribution in [2.75, 3.05) is 38.1 Å². The van der Waals surface area contributed by atoms with Gasteiger partial charge in [0.25, 0.3) is 0 Å². The molecule has 4 rings (SSSR count). The van der Waals surface area contributed by atoms with E-state index in [9.17, 15) is 0 Å². The van der Waals surface area contributed by atoms with Crippen molar-refractivity contribution >= 4 is 16.9 Å². The van der Waals surface area contributed by atoms with Crippen LogP contribution in [-0.2, 0) is 0 Å². The van der Waals surface area contributed by atoms with E-state index < -0.39 is 0 Å². The number of likely N-dealkylation sites (tertiary alicyclic amines) is 1. The molecule has 0 spiro atoms. The molecule has 0 radical (unpaired) electrons. The zero-order valence-corrected chi connectivity index (χ0v) is 11.2. The summed E-state index contributed by atoms with van der Waals surface area (Å²) < 4.78 is 0. The molecule has 19 heavy (non-hydrogen) atoms. The average Bonchev–Trinajstić information content (AvgIpc) is 3.03. The Hall–Kier alpha value is -1.62. The van der Waals surface area contributed by atoms with E-state index in [2.05, 4.69) is 37.9 Å². The highest BCUT2D eigenvalue weighted by molar-refractivity contribution is 5.87. The first-order chi connectivity index (χ1) is 9.31. The third-order valence-corrected chi connectivity index (χ3v) is 4.64. The molecule has 100 valence electrons. The first-order valence-corrected chi connectivity index (χ1v) is 7.03. The Morgan fingerprint density at radius 1 is 1.21 bits per heavy atom. The number of H-pyrrole nitrogens is 1. The fraction of sp³-hybridized carbons (Fsp3) is 0.571. The van der Waals surface area contributed by atoms with Crippen molar-refractivity contribution in [1.29, 1.82) is 0 Å². The molecule has 5 heteroatoms. The van der Waals surface area contributed by atoms with Gasteiger partial charge in [-0.2, -0.15) is 0 Å². The summed E-state index contributed by atoms with van der Waals surface area (Å²) in [6, 6.07) is 2.08. The number of hydrogen-bond donors (Lipinski definition) is 1. The molecule has 0 aromatic carbocycles. The standard InChI is InChI=1S/C14H19N5/c1-18-5-3-10-7-19(8-11(10)6-18)14-12-2-4-15-13(12)16-9-17-14/h2,4,9-11H,3,5-8H2,1H3,(H,15,16,17)/t10-,11+/m1/s1. The maximum atomic E-state index is 4.52. The third kappa shape index (κ3) is 1.80. The second-order valence-corrected chi connectivity index (χ2v) is 5.91. The molecule has 2 atom stereocenters. The van der Waals surface area contributed by atoms with Gasteiger partial charge in [0, 0.05) is 25.8 Å². The van der Waals surface area contributed by atoms with Gasteiger partial charge in [0.05, 0.1) is 5.39 Å². The van der Waals surface area contributed by atoms with Crippen LogP contribution in [0.4, 0.5) is 5.82 Å². The predicted octanol–water partition coefficient (Wildman–Crippen LogP) is 1.35. The predicted molar refractivity (Wildman–Crippen MR) is 75.2 cm³/mol. The molecule has 0 aliphatic carbocycles. The number of hydrogen-bond acceptors (Lipinski definition) is 4. The molecule has 1 N–H and O–H groups in total. The molecule has 0 bridgehead atoms. The highest BCUT2D eigenvalue weighted by Crippen LogP contribution is 2.34. The monoisotopic (exact) mass is 257 g/mol. The van der Waals surface area contributed by atoms with E-state index in [0.29, 0.717) is 0 Å². The van der Waals surface area contributed by atoms with Gasteiger partial charge in [-0.25, -0.2) is 9.97 Å². The summed E-state index contributed by atoms with van der Waals surface area (Å²) in [4.78, 5) is 16.9. The molecule has 2 aromatic rings. The van der Waals surface area contributed by atoms with Gasteiger partial charge in [0.15, 0.2) is 0 Å². The lowest BCUT2D eigenvalue weighted by molar-refractivity contribution is 0.178. The first kappa shape index (κ1) is 11.2. The van der Waals surface area contributed by atoms with Crippen LogP contribution >= 0.6 is 0 Å². The largest absolute Gasteiger partial charge is 0.355 e. The maximum Gasteiger partial charge on any atom is 0.142 e. The summed E-state index contributed by atoms with van der Waals surface area (Å²) in [7, 11) is 2.23. The van der Waals surface area contributed by atoms with E-state index in [4.69, 9.17) is 0 Å². The van der Waals surface area contributed by atoms with Crippen molar-refractivity contribution in [3.05, 3.63) is 18.6 Å². The quantitative estimate of drug-likeness (QED) is 0.837. The molecule has 0 unspecified atom stereocenters. The topological polar surface area (TPSA) is 48.1 Å². The van der Waals surface area contributed by atoms with Gasteiger partial charge in [-0.1, -0.05) is 0 Å². The number of rotatable bonds is 1. The molecule has 2 aliphatic heterocycles. The van der Waals surface area contributed by atoms with E-state index >= 15 is 0 Å². The summed E-state index contributed by atoms with van der Waals surface area (Å²) >= 11 is 0. The minimum atomic E-state index is 0.794. The first-order valence-electron chi connectivity index (χ1n) is 7.03. The van der Waals surface area contributed by atoms with Gasteiger partial charge in [0.2, 0.25) is 0 Å². The van der Waals surface area contributed by atoms with Crippen LogP contribution in [0.3, 0.4) is 0 Å². The molecule has 2 fully saturated rings. The van der Waals surface area contributed by atoms with Gasteiger partial charge < -0.3 is 14.8 Å². The number of nitrogens with zero attached hydrogens (tertiary/aromatic N) is 4.